The van der Waals surface area contributed by atoms with Crippen molar-refractivity contribution >= 4 is 11.6 Å². The quantitative estimate of drug-likeness (QED) is 0.846. The molecule has 5 heteroatoms. The Morgan fingerprint density at radius 3 is 2.62 bits per heavy atom. The molecule has 0 bridgehead atoms. The number of nitrogens with zero attached hydrogens (tertiary/aromatic N) is 3. The van der Waals surface area contributed by atoms with Gasteiger partial charge >= 0.3 is 0 Å². The molecule has 0 aromatic carbocycles. The average molecular weight is 288 g/mol. The second-order valence-corrected chi connectivity index (χ2v) is 4.91. The predicted molar refractivity (Wildman–Crippen MR) is 85.7 cm³/mol. The van der Waals surface area contributed by atoms with Crippen LogP contribution in [0.15, 0.2) is 22.8 Å². The van der Waals surface area contributed by atoms with Crippen molar-refractivity contribution in [3.63, 3.8) is 0 Å². The Kier molecular flexibility index (Phi) is 5.20. The maximum atomic E-state index is 5.46. The van der Waals surface area contributed by atoms with Crippen LogP contribution in [0.5, 0.6) is 0 Å². The molecule has 21 heavy (non-hydrogen) atoms. The molecule has 0 saturated carbocycles. The maximum Gasteiger partial charge on any atom is 0.137 e. The van der Waals surface area contributed by atoms with Crippen molar-refractivity contribution in [3.8, 4) is 0 Å². The van der Waals surface area contributed by atoms with Gasteiger partial charge in [-0.1, -0.05) is 6.92 Å². The summed E-state index contributed by atoms with van der Waals surface area (Å²) in [5.74, 6) is 3.72. The van der Waals surface area contributed by atoms with E-state index in [0.29, 0.717) is 0 Å². The van der Waals surface area contributed by atoms with Gasteiger partial charge < -0.3 is 14.6 Å². The van der Waals surface area contributed by atoms with E-state index in [1.54, 1.807) is 6.26 Å². The highest BCUT2D eigenvalue weighted by atomic mass is 16.3. The van der Waals surface area contributed by atoms with Crippen molar-refractivity contribution in [1.29, 1.82) is 0 Å². The number of furan rings is 1. The molecular weight excluding hydrogens is 264 g/mol. The number of aromatic nitrogens is 2. The highest BCUT2D eigenvalue weighted by Crippen LogP contribution is 2.25. The lowest BCUT2D eigenvalue weighted by Gasteiger charge is -2.24. The summed E-state index contributed by atoms with van der Waals surface area (Å²) in [5.41, 5.74) is 1.09. The summed E-state index contributed by atoms with van der Waals surface area (Å²) in [6.45, 7) is 10.8. The van der Waals surface area contributed by atoms with Crippen LogP contribution in [-0.4, -0.2) is 23.1 Å². The first kappa shape index (κ1) is 15.4. The lowest BCUT2D eigenvalue weighted by molar-refractivity contribution is 0.502. The largest absolute Gasteiger partial charge is 0.467 e. The Morgan fingerprint density at radius 2 is 2.05 bits per heavy atom. The topological polar surface area (TPSA) is 54.2 Å². The van der Waals surface area contributed by atoms with Crippen molar-refractivity contribution in [3.05, 3.63) is 35.5 Å². The van der Waals surface area contributed by atoms with Crippen molar-refractivity contribution in [2.45, 2.75) is 40.7 Å². The third-order valence-electron chi connectivity index (χ3n) is 3.43. The van der Waals surface area contributed by atoms with E-state index in [0.717, 1.165) is 54.8 Å². The van der Waals surface area contributed by atoms with Gasteiger partial charge in [0.25, 0.3) is 0 Å². The Hall–Kier alpha value is -2.04. The van der Waals surface area contributed by atoms with Crippen LogP contribution < -0.4 is 10.2 Å². The summed E-state index contributed by atoms with van der Waals surface area (Å²) >= 11 is 0. The zero-order chi connectivity index (χ0) is 15.2. The number of anilines is 2. The molecule has 2 aromatic rings. The number of aryl methyl sites for hydroxylation is 1. The van der Waals surface area contributed by atoms with Gasteiger partial charge in [-0.25, -0.2) is 9.97 Å². The minimum Gasteiger partial charge on any atom is -0.467 e. The van der Waals surface area contributed by atoms with Crippen LogP contribution >= 0.6 is 0 Å². The molecule has 0 saturated heterocycles. The molecule has 1 N–H and O–H groups in total. The summed E-state index contributed by atoms with van der Waals surface area (Å²) < 4.78 is 5.46. The molecule has 0 aliphatic carbocycles. The Labute approximate surface area is 126 Å². The number of rotatable bonds is 7. The van der Waals surface area contributed by atoms with Crippen LogP contribution in [0.2, 0.25) is 0 Å². The predicted octanol–water partition coefficient (Wildman–Crippen LogP) is 3.40. The van der Waals surface area contributed by atoms with Gasteiger partial charge in [-0.3, -0.25) is 0 Å². The first-order chi connectivity index (χ1) is 10.2. The van der Waals surface area contributed by atoms with E-state index in [9.17, 15) is 0 Å². The van der Waals surface area contributed by atoms with Crippen molar-refractivity contribution in [1.82, 2.24) is 9.97 Å². The monoisotopic (exact) mass is 288 g/mol. The second-order valence-electron chi connectivity index (χ2n) is 4.91. The number of hydrogen-bond acceptors (Lipinski definition) is 5. The van der Waals surface area contributed by atoms with Gasteiger partial charge in [0, 0.05) is 25.1 Å². The van der Waals surface area contributed by atoms with E-state index in [4.69, 9.17) is 9.40 Å². The van der Waals surface area contributed by atoms with Gasteiger partial charge in [0.05, 0.1) is 12.8 Å². The van der Waals surface area contributed by atoms with Gasteiger partial charge in [-0.15, -0.1) is 0 Å². The molecular formula is C16H24N4O. The lowest BCUT2D eigenvalue weighted by atomic mass is 10.2. The van der Waals surface area contributed by atoms with E-state index < -0.39 is 0 Å². The molecule has 0 aliphatic heterocycles. The summed E-state index contributed by atoms with van der Waals surface area (Å²) in [6.07, 6.45) is 2.53. The zero-order valence-electron chi connectivity index (χ0n) is 13.3. The molecule has 0 aliphatic rings. The van der Waals surface area contributed by atoms with Gasteiger partial charge in [0.15, 0.2) is 0 Å². The van der Waals surface area contributed by atoms with E-state index >= 15 is 0 Å². The molecule has 0 fully saturated rings. The smallest absolute Gasteiger partial charge is 0.137 e. The molecule has 0 radical (unpaired) electrons. The van der Waals surface area contributed by atoms with E-state index in [2.05, 4.69) is 42.9 Å². The molecule has 5 nitrogen and oxygen atoms in total. The highest BCUT2D eigenvalue weighted by Gasteiger charge is 2.16. The zero-order valence-corrected chi connectivity index (χ0v) is 13.3. The fourth-order valence-electron chi connectivity index (χ4n) is 2.28. The molecule has 114 valence electrons. The van der Waals surface area contributed by atoms with Gasteiger partial charge in [-0.05, 0) is 32.9 Å². The lowest BCUT2D eigenvalue weighted by Crippen LogP contribution is -2.25. The second kappa shape index (κ2) is 7.11. The summed E-state index contributed by atoms with van der Waals surface area (Å²) in [5, 5.41) is 3.33. The van der Waals surface area contributed by atoms with E-state index in [-0.39, 0.29) is 0 Å². The van der Waals surface area contributed by atoms with E-state index in [1.165, 1.54) is 0 Å². The SMILES string of the molecule is CCNc1nc(CC)nc(N(CC)Cc2ccco2)c1C. The highest BCUT2D eigenvalue weighted by molar-refractivity contribution is 5.58. The molecule has 0 spiro atoms. The minimum atomic E-state index is 0.718. The van der Waals surface area contributed by atoms with Gasteiger partial charge in [0.1, 0.15) is 23.2 Å². The molecule has 2 heterocycles. The van der Waals surface area contributed by atoms with Crippen molar-refractivity contribution in [2.75, 3.05) is 23.3 Å². The van der Waals surface area contributed by atoms with Crippen LogP contribution in [0.1, 0.15) is 37.9 Å². The Morgan fingerprint density at radius 1 is 1.24 bits per heavy atom. The van der Waals surface area contributed by atoms with Crippen molar-refractivity contribution < 1.29 is 4.42 Å². The van der Waals surface area contributed by atoms with Crippen LogP contribution in [0.3, 0.4) is 0 Å². The first-order valence-electron chi connectivity index (χ1n) is 7.58. The maximum absolute atomic E-state index is 5.46. The first-order valence-corrected chi connectivity index (χ1v) is 7.58. The van der Waals surface area contributed by atoms with E-state index in [1.807, 2.05) is 12.1 Å². The minimum absolute atomic E-state index is 0.718. The molecule has 2 rings (SSSR count). The molecule has 0 amide bonds. The molecule has 2 aromatic heterocycles. The number of nitrogens with one attached hydrogen (secondary N) is 1. The number of hydrogen-bond donors (Lipinski definition) is 1. The third kappa shape index (κ3) is 3.54. The van der Waals surface area contributed by atoms with Crippen LogP contribution in [0.4, 0.5) is 11.6 Å². The fraction of sp³-hybridized carbons (Fsp3) is 0.500. The summed E-state index contributed by atoms with van der Waals surface area (Å²) in [4.78, 5) is 11.5. The third-order valence-corrected chi connectivity index (χ3v) is 3.43. The van der Waals surface area contributed by atoms with Gasteiger partial charge in [0.2, 0.25) is 0 Å². The molecule has 0 unspecified atom stereocenters. The standard InChI is InChI=1S/C16H24N4O/c1-5-14-18-15(17-6-2)12(4)16(19-14)20(7-3)11-13-9-8-10-21-13/h8-10H,5-7,11H2,1-4H3,(H,17,18,19). The van der Waals surface area contributed by atoms with Crippen molar-refractivity contribution in [2.24, 2.45) is 0 Å². The molecule has 0 atom stereocenters. The fourth-order valence-corrected chi connectivity index (χ4v) is 2.28. The summed E-state index contributed by atoms with van der Waals surface area (Å²) in [7, 11) is 0. The van der Waals surface area contributed by atoms with Crippen LogP contribution in [0.25, 0.3) is 0 Å². The normalized spacial score (nSPS) is 10.7. The Bertz CT molecular complexity index is 566. The van der Waals surface area contributed by atoms with Crippen LogP contribution in [0, 0.1) is 6.92 Å². The average Bonchev–Trinajstić information content (AvgIpc) is 3.00. The Balaban J connectivity index is 2.36. The van der Waals surface area contributed by atoms with Gasteiger partial charge in [-0.2, -0.15) is 0 Å². The summed E-state index contributed by atoms with van der Waals surface area (Å²) in [6, 6.07) is 3.91. The van der Waals surface area contributed by atoms with Crippen LogP contribution in [-0.2, 0) is 13.0 Å².